The summed E-state index contributed by atoms with van der Waals surface area (Å²) in [6, 6.07) is 6.51. The Kier molecular flexibility index (Phi) is 8.66. The Morgan fingerprint density at radius 2 is 1.74 bits per heavy atom. The van der Waals surface area contributed by atoms with Crippen LogP contribution in [0.3, 0.4) is 0 Å². The van der Waals surface area contributed by atoms with Gasteiger partial charge < -0.3 is 4.74 Å². The van der Waals surface area contributed by atoms with Crippen LogP contribution in [0.5, 0.6) is 0 Å². The van der Waals surface area contributed by atoms with E-state index in [1.54, 1.807) is 5.19 Å². The molecule has 1 aromatic carbocycles. The first-order chi connectivity index (χ1) is 11.2. The van der Waals surface area contributed by atoms with Crippen molar-refractivity contribution < 1.29 is 4.74 Å². The SMILES string of the molecule is C[SiH](C)c1ccc(Cl)cc1CCCCCCCN1CCOCC1. The predicted octanol–water partition coefficient (Wildman–Crippen LogP) is 3.86. The molecule has 23 heavy (non-hydrogen) atoms. The van der Waals surface area contributed by atoms with Crippen molar-refractivity contribution in [2.45, 2.75) is 51.6 Å². The van der Waals surface area contributed by atoms with Crippen molar-refractivity contribution in [2.75, 3.05) is 32.8 Å². The first-order valence-corrected chi connectivity index (χ1v) is 12.5. The van der Waals surface area contributed by atoms with Gasteiger partial charge in [0, 0.05) is 18.1 Å². The van der Waals surface area contributed by atoms with Crippen LogP contribution < -0.4 is 5.19 Å². The van der Waals surface area contributed by atoms with Crippen LogP contribution in [-0.4, -0.2) is 46.5 Å². The fraction of sp³-hybridized carbons (Fsp3) is 0.684. The third-order valence-electron chi connectivity index (χ3n) is 4.75. The molecule has 1 fully saturated rings. The quantitative estimate of drug-likeness (QED) is 0.493. The summed E-state index contributed by atoms with van der Waals surface area (Å²) in [6.07, 6.45) is 7.89. The van der Waals surface area contributed by atoms with Gasteiger partial charge in [0.05, 0.1) is 22.0 Å². The zero-order valence-corrected chi connectivity index (χ0v) is 16.7. The van der Waals surface area contributed by atoms with Gasteiger partial charge in [0.25, 0.3) is 0 Å². The number of hydrogen-bond donors (Lipinski definition) is 0. The zero-order chi connectivity index (χ0) is 16.5. The summed E-state index contributed by atoms with van der Waals surface area (Å²) < 4.78 is 5.39. The summed E-state index contributed by atoms with van der Waals surface area (Å²) >= 11 is 6.18. The highest BCUT2D eigenvalue weighted by molar-refractivity contribution is 6.71. The minimum Gasteiger partial charge on any atom is -0.379 e. The molecule has 0 spiro atoms. The highest BCUT2D eigenvalue weighted by Gasteiger charge is 2.10. The Bertz CT molecular complexity index is 461. The van der Waals surface area contributed by atoms with Crippen molar-refractivity contribution >= 4 is 25.6 Å². The highest BCUT2D eigenvalue weighted by Crippen LogP contribution is 2.14. The normalized spacial score (nSPS) is 16.2. The molecular weight excluding hydrogens is 322 g/mol. The molecule has 0 saturated carbocycles. The summed E-state index contributed by atoms with van der Waals surface area (Å²) in [7, 11) is -0.750. The summed E-state index contributed by atoms with van der Waals surface area (Å²) in [4.78, 5) is 2.54. The van der Waals surface area contributed by atoms with E-state index in [9.17, 15) is 0 Å². The average molecular weight is 354 g/mol. The minimum atomic E-state index is -0.750. The van der Waals surface area contributed by atoms with Crippen molar-refractivity contribution in [2.24, 2.45) is 0 Å². The van der Waals surface area contributed by atoms with Crippen LogP contribution in [0.2, 0.25) is 18.1 Å². The molecule has 0 aliphatic carbocycles. The minimum absolute atomic E-state index is 0.750. The number of unbranched alkanes of at least 4 members (excludes halogenated alkanes) is 4. The van der Waals surface area contributed by atoms with E-state index in [2.05, 4.69) is 36.2 Å². The van der Waals surface area contributed by atoms with E-state index in [1.165, 1.54) is 50.6 Å². The number of morpholine rings is 1. The molecule has 1 aromatic rings. The fourth-order valence-electron chi connectivity index (χ4n) is 3.36. The van der Waals surface area contributed by atoms with Crippen molar-refractivity contribution in [1.29, 1.82) is 0 Å². The van der Waals surface area contributed by atoms with Gasteiger partial charge in [0.15, 0.2) is 0 Å². The summed E-state index contributed by atoms with van der Waals surface area (Å²) in [5.41, 5.74) is 1.51. The number of ether oxygens (including phenoxy) is 1. The summed E-state index contributed by atoms with van der Waals surface area (Å²) in [6.45, 7) is 10.1. The van der Waals surface area contributed by atoms with E-state index in [1.807, 2.05) is 0 Å². The molecule has 0 bridgehead atoms. The molecule has 0 aromatic heterocycles. The molecule has 0 N–H and O–H groups in total. The van der Waals surface area contributed by atoms with Crippen LogP contribution >= 0.6 is 11.6 Å². The van der Waals surface area contributed by atoms with Crippen LogP contribution in [0.1, 0.15) is 37.7 Å². The average Bonchev–Trinajstić information content (AvgIpc) is 2.54. The van der Waals surface area contributed by atoms with E-state index in [0.29, 0.717) is 0 Å². The van der Waals surface area contributed by atoms with Gasteiger partial charge in [-0.25, -0.2) is 0 Å². The van der Waals surface area contributed by atoms with E-state index in [4.69, 9.17) is 16.3 Å². The van der Waals surface area contributed by atoms with Crippen LogP contribution in [0.25, 0.3) is 0 Å². The molecule has 0 amide bonds. The van der Waals surface area contributed by atoms with Gasteiger partial charge in [-0.05, 0) is 43.5 Å². The van der Waals surface area contributed by atoms with Crippen molar-refractivity contribution in [1.82, 2.24) is 4.90 Å². The van der Waals surface area contributed by atoms with Gasteiger partial charge in [0.1, 0.15) is 0 Å². The lowest BCUT2D eigenvalue weighted by atomic mass is 10.1. The maximum atomic E-state index is 6.18. The van der Waals surface area contributed by atoms with Gasteiger partial charge >= 0.3 is 0 Å². The van der Waals surface area contributed by atoms with Crippen LogP contribution in [0.4, 0.5) is 0 Å². The lowest BCUT2D eigenvalue weighted by Crippen LogP contribution is -2.36. The second kappa shape index (κ2) is 10.5. The molecule has 0 unspecified atom stereocenters. The van der Waals surface area contributed by atoms with E-state index in [-0.39, 0.29) is 0 Å². The first-order valence-electron chi connectivity index (χ1n) is 9.25. The number of rotatable bonds is 9. The number of aryl methyl sites for hydroxylation is 1. The van der Waals surface area contributed by atoms with E-state index < -0.39 is 8.80 Å². The Morgan fingerprint density at radius 1 is 1.04 bits per heavy atom. The van der Waals surface area contributed by atoms with Crippen molar-refractivity contribution in [3.63, 3.8) is 0 Å². The van der Waals surface area contributed by atoms with Gasteiger partial charge in [-0.1, -0.05) is 55.2 Å². The molecule has 1 saturated heterocycles. The van der Waals surface area contributed by atoms with E-state index in [0.717, 1.165) is 31.3 Å². The summed E-state index contributed by atoms with van der Waals surface area (Å²) in [5, 5.41) is 2.49. The van der Waals surface area contributed by atoms with Gasteiger partial charge in [-0.3, -0.25) is 4.90 Å². The topological polar surface area (TPSA) is 12.5 Å². The molecule has 2 nitrogen and oxygen atoms in total. The second-order valence-electron chi connectivity index (χ2n) is 6.97. The van der Waals surface area contributed by atoms with Gasteiger partial charge in [-0.15, -0.1) is 0 Å². The molecule has 0 radical (unpaired) electrons. The van der Waals surface area contributed by atoms with Crippen molar-refractivity contribution in [3.8, 4) is 0 Å². The summed E-state index contributed by atoms with van der Waals surface area (Å²) in [5.74, 6) is 0. The fourth-order valence-corrected chi connectivity index (χ4v) is 5.01. The Balaban J connectivity index is 1.59. The largest absolute Gasteiger partial charge is 0.379 e. The number of hydrogen-bond acceptors (Lipinski definition) is 2. The lowest BCUT2D eigenvalue weighted by Gasteiger charge is -2.26. The zero-order valence-electron chi connectivity index (χ0n) is 14.8. The Morgan fingerprint density at radius 3 is 2.48 bits per heavy atom. The number of halogens is 1. The maximum absolute atomic E-state index is 6.18. The molecule has 2 rings (SSSR count). The predicted molar refractivity (Wildman–Crippen MR) is 104 cm³/mol. The monoisotopic (exact) mass is 353 g/mol. The molecular formula is C19H32ClNOSi. The van der Waals surface area contributed by atoms with Gasteiger partial charge in [0.2, 0.25) is 0 Å². The highest BCUT2D eigenvalue weighted by atomic mass is 35.5. The first kappa shape index (κ1) is 19.0. The molecule has 4 heteroatoms. The second-order valence-corrected chi connectivity index (χ2v) is 10.3. The van der Waals surface area contributed by atoms with Gasteiger partial charge in [-0.2, -0.15) is 0 Å². The third kappa shape index (κ3) is 6.96. The van der Waals surface area contributed by atoms with Crippen LogP contribution in [-0.2, 0) is 11.2 Å². The van der Waals surface area contributed by atoms with E-state index >= 15 is 0 Å². The molecule has 1 aliphatic heterocycles. The smallest absolute Gasteiger partial charge is 0.0650 e. The molecule has 1 heterocycles. The maximum Gasteiger partial charge on any atom is 0.0650 e. The lowest BCUT2D eigenvalue weighted by molar-refractivity contribution is 0.0371. The molecule has 130 valence electrons. The number of nitrogens with zero attached hydrogens (tertiary/aromatic N) is 1. The van der Waals surface area contributed by atoms with Crippen LogP contribution in [0, 0.1) is 0 Å². The van der Waals surface area contributed by atoms with Crippen LogP contribution in [0.15, 0.2) is 18.2 Å². The number of benzene rings is 1. The molecule has 1 aliphatic rings. The Hall–Kier alpha value is -0.353. The standard InChI is InChI=1S/C19H32ClNOSi/c1-23(2)19-10-9-18(20)16-17(19)8-6-4-3-5-7-11-21-12-14-22-15-13-21/h9-10,16,23H,3-8,11-15H2,1-2H3. The Labute approximate surface area is 148 Å². The third-order valence-corrected chi connectivity index (χ3v) is 6.79. The van der Waals surface area contributed by atoms with Crippen molar-refractivity contribution in [3.05, 3.63) is 28.8 Å². The molecule has 0 atom stereocenters.